The molecule has 0 saturated carbocycles. The van der Waals surface area contributed by atoms with Crippen LogP contribution in [-0.4, -0.2) is 74.1 Å². The second kappa shape index (κ2) is 16.5. The van der Waals surface area contributed by atoms with E-state index in [1.54, 1.807) is 6.07 Å². The summed E-state index contributed by atoms with van der Waals surface area (Å²) in [5, 5.41) is 9.39. The van der Waals surface area contributed by atoms with Crippen LogP contribution in [0.1, 0.15) is 42.6 Å². The molecule has 1 heterocycles. The first-order chi connectivity index (χ1) is 16.6. The van der Waals surface area contributed by atoms with Gasteiger partial charge in [0.2, 0.25) is 6.29 Å². The number of hydrogen-bond acceptors (Lipinski definition) is 12. The molecule has 1 aliphatic rings. The summed E-state index contributed by atoms with van der Waals surface area (Å²) in [7, 11) is 4.08. The lowest BCUT2D eigenvalue weighted by atomic mass is 10.0. The van der Waals surface area contributed by atoms with Crippen molar-refractivity contribution in [2.24, 2.45) is 0 Å². The van der Waals surface area contributed by atoms with E-state index in [9.17, 15) is 24.3 Å². The Hall–Kier alpha value is -2.10. The summed E-state index contributed by atoms with van der Waals surface area (Å²) in [5.41, 5.74) is 0.625. The lowest BCUT2D eigenvalue weighted by molar-refractivity contribution is -0.204. The van der Waals surface area contributed by atoms with Gasteiger partial charge in [0.25, 0.3) is 0 Å². The summed E-state index contributed by atoms with van der Waals surface area (Å²) in [5.74, 6) is -1.18. The van der Waals surface area contributed by atoms with Crippen LogP contribution < -0.4 is 4.74 Å². The van der Waals surface area contributed by atoms with Gasteiger partial charge in [0, 0.05) is 32.4 Å². The number of esters is 4. The molecule has 11 nitrogen and oxygen atoms in total. The summed E-state index contributed by atoms with van der Waals surface area (Å²) in [6.45, 7) is 2.59. The number of carbonyl (C=O) groups excluding carboxylic acids is 4. The van der Waals surface area contributed by atoms with Crippen LogP contribution in [-0.2, 0) is 44.7 Å². The fraction of sp³-hybridized carbons (Fsp3) is 0.545. The van der Waals surface area contributed by atoms with Crippen LogP contribution in [0.4, 0.5) is 0 Å². The Bertz CT molecular complexity index is 864. The summed E-state index contributed by atoms with van der Waals surface area (Å²) in [4.78, 5) is 45.4. The number of benzene rings is 1. The highest BCUT2D eigenvalue weighted by atomic mass is 127. The maximum absolute atomic E-state index is 12.5. The highest BCUT2D eigenvalue weighted by molar-refractivity contribution is 14.2. The average molecular weight is 628 g/mol. The maximum Gasteiger partial charge on any atom is 0.341 e. The van der Waals surface area contributed by atoms with Gasteiger partial charge < -0.3 is 33.5 Å². The Kier molecular flexibility index (Phi) is 14.6. The molecule has 0 aliphatic carbocycles. The van der Waals surface area contributed by atoms with E-state index in [-0.39, 0.29) is 43.3 Å². The van der Waals surface area contributed by atoms with Gasteiger partial charge in [0.15, 0.2) is 6.10 Å². The lowest BCUT2D eigenvalue weighted by Gasteiger charge is -2.33. The Balaban J connectivity index is 0.00000111. The summed E-state index contributed by atoms with van der Waals surface area (Å²) in [6, 6.07) is 4.58. The van der Waals surface area contributed by atoms with Crippen LogP contribution >= 0.6 is 30.1 Å². The number of rotatable bonds is 9. The maximum atomic E-state index is 12.5. The molecule has 1 aliphatic heterocycles. The molecule has 1 saturated heterocycles. The van der Waals surface area contributed by atoms with Crippen molar-refractivity contribution in [3.63, 3.8) is 0 Å². The largest absolute Gasteiger partial charge is 0.469 e. The molecule has 3 atom stereocenters. The quantitative estimate of drug-likeness (QED) is 0.186. The van der Waals surface area contributed by atoms with Crippen molar-refractivity contribution in [1.82, 2.24) is 0 Å². The normalized spacial score (nSPS) is 18.9. The standard InChI is InChI=1S/C19H23IO9S.C3H6O2/c1-11(22)27-13-8-16(19(24)25-2)29-17(9-13)28-15-4-3-12(10-21)7-14(15)18(23)26-5-6-30-20;1-3(4)5-2/h3-4,7,13,16-17,21H,5-6,8-10H2,1-2H3;1-2H3. The van der Waals surface area contributed by atoms with E-state index in [1.807, 2.05) is 0 Å². The predicted octanol–water partition coefficient (Wildman–Crippen LogP) is 2.59. The molecule has 0 aromatic heterocycles. The molecular weight excluding hydrogens is 599 g/mol. The summed E-state index contributed by atoms with van der Waals surface area (Å²) >= 11 is 2.10. The number of aliphatic hydroxyl groups is 1. The number of ether oxygens (including phenoxy) is 6. The smallest absolute Gasteiger partial charge is 0.341 e. The van der Waals surface area contributed by atoms with Gasteiger partial charge in [-0.15, -0.1) is 0 Å². The fourth-order valence-corrected chi connectivity index (χ4v) is 3.54. The van der Waals surface area contributed by atoms with Crippen molar-refractivity contribution >= 4 is 54.0 Å². The van der Waals surface area contributed by atoms with Crippen molar-refractivity contribution in [2.45, 2.75) is 51.8 Å². The van der Waals surface area contributed by atoms with E-state index in [0.29, 0.717) is 11.3 Å². The van der Waals surface area contributed by atoms with Gasteiger partial charge in [-0.25, -0.2) is 9.59 Å². The second-order valence-corrected chi connectivity index (χ2v) is 9.53. The first-order valence-corrected chi connectivity index (χ1v) is 13.9. The van der Waals surface area contributed by atoms with Crippen LogP contribution in [0.5, 0.6) is 5.75 Å². The number of methoxy groups -OCH3 is 2. The Labute approximate surface area is 219 Å². The molecule has 0 radical (unpaired) electrons. The van der Waals surface area contributed by atoms with Crippen LogP contribution in [0.2, 0.25) is 0 Å². The fourth-order valence-electron chi connectivity index (χ4n) is 2.86. The molecule has 1 N–H and O–H groups in total. The van der Waals surface area contributed by atoms with E-state index in [4.69, 9.17) is 23.7 Å². The third-order valence-corrected chi connectivity index (χ3v) is 6.07. The average Bonchev–Trinajstić information content (AvgIpc) is 2.83. The molecule has 2 rings (SSSR count). The molecule has 0 bridgehead atoms. The topological polar surface area (TPSA) is 144 Å². The molecule has 13 heteroatoms. The van der Waals surface area contributed by atoms with Crippen molar-refractivity contribution < 1.29 is 52.7 Å². The molecule has 1 aromatic carbocycles. The first-order valence-electron chi connectivity index (χ1n) is 10.4. The van der Waals surface area contributed by atoms with Crippen molar-refractivity contribution in [3.8, 4) is 5.75 Å². The molecule has 196 valence electrons. The molecule has 1 fully saturated rings. The van der Waals surface area contributed by atoms with Gasteiger partial charge in [-0.3, -0.25) is 9.59 Å². The number of hydrogen-bond donors (Lipinski definition) is 1. The lowest BCUT2D eigenvalue weighted by Crippen LogP contribution is -2.44. The predicted molar refractivity (Wildman–Crippen MR) is 133 cm³/mol. The minimum absolute atomic E-state index is 0.118. The van der Waals surface area contributed by atoms with E-state index in [0.717, 1.165) is 0 Å². The van der Waals surface area contributed by atoms with Crippen LogP contribution in [0, 0.1) is 0 Å². The van der Waals surface area contributed by atoms with E-state index in [2.05, 4.69) is 25.9 Å². The minimum atomic E-state index is -0.981. The molecule has 1 aromatic rings. The first kappa shape index (κ1) is 30.9. The third-order valence-electron chi connectivity index (χ3n) is 4.43. The van der Waals surface area contributed by atoms with Gasteiger partial charge in [-0.05, 0) is 38.9 Å². The van der Waals surface area contributed by atoms with E-state index >= 15 is 0 Å². The van der Waals surface area contributed by atoms with Crippen molar-refractivity contribution in [2.75, 3.05) is 26.6 Å². The molecule has 3 unspecified atom stereocenters. The summed E-state index contributed by atoms with van der Waals surface area (Å²) < 4.78 is 30.8. The highest BCUT2D eigenvalue weighted by Gasteiger charge is 2.37. The van der Waals surface area contributed by atoms with Gasteiger partial charge in [-0.2, -0.15) is 0 Å². The number of aliphatic hydroxyl groups excluding tert-OH is 1. The zero-order chi connectivity index (χ0) is 26.4. The van der Waals surface area contributed by atoms with Crippen molar-refractivity contribution in [3.05, 3.63) is 29.3 Å². The van der Waals surface area contributed by atoms with Crippen LogP contribution in [0.3, 0.4) is 0 Å². The zero-order valence-electron chi connectivity index (χ0n) is 19.8. The van der Waals surface area contributed by atoms with E-state index in [1.165, 1.54) is 49.1 Å². The number of halogens is 1. The van der Waals surface area contributed by atoms with Gasteiger partial charge in [0.05, 0.1) is 20.8 Å². The Morgan fingerprint density at radius 1 is 1.11 bits per heavy atom. The molecule has 35 heavy (non-hydrogen) atoms. The second-order valence-electron chi connectivity index (χ2n) is 7.03. The molecule has 0 spiro atoms. The third kappa shape index (κ3) is 11.5. The van der Waals surface area contributed by atoms with E-state index < -0.39 is 36.4 Å². The minimum Gasteiger partial charge on any atom is -0.469 e. The van der Waals surface area contributed by atoms with Crippen LogP contribution in [0.15, 0.2) is 18.2 Å². The van der Waals surface area contributed by atoms with Gasteiger partial charge >= 0.3 is 23.9 Å². The van der Waals surface area contributed by atoms with Gasteiger partial charge in [0.1, 0.15) is 24.0 Å². The Morgan fingerprint density at radius 2 is 1.80 bits per heavy atom. The number of carbonyl (C=O) groups is 4. The van der Waals surface area contributed by atoms with Gasteiger partial charge in [-0.1, -0.05) is 15.0 Å². The molecular formula is C22H29IO11S. The molecule has 0 amide bonds. The Morgan fingerprint density at radius 3 is 2.34 bits per heavy atom. The zero-order valence-corrected chi connectivity index (χ0v) is 22.8. The SMILES string of the molecule is COC(=O)C1CC(OC(C)=O)CC(Oc2ccc(CO)cc2C(=O)OCCSI)O1.COC(C)=O. The highest BCUT2D eigenvalue weighted by Crippen LogP contribution is 2.29. The van der Waals surface area contributed by atoms with Crippen LogP contribution in [0.25, 0.3) is 0 Å². The van der Waals surface area contributed by atoms with Crippen molar-refractivity contribution in [1.29, 1.82) is 0 Å². The summed E-state index contributed by atoms with van der Waals surface area (Å²) in [6.07, 6.45) is -2.26. The monoisotopic (exact) mass is 628 g/mol.